The van der Waals surface area contributed by atoms with Crippen LogP contribution in [0.4, 0.5) is 0 Å². The molecule has 0 saturated carbocycles. The second-order valence-corrected chi connectivity index (χ2v) is 3.25. The average molecular weight is 205 g/mol. The Hall–Kier alpha value is -1.97. The van der Waals surface area contributed by atoms with E-state index in [1.807, 2.05) is 24.3 Å². The molecule has 1 aromatic heterocycles. The molecule has 0 aliphatic carbocycles. The van der Waals surface area contributed by atoms with Gasteiger partial charge < -0.3 is 14.8 Å². The van der Waals surface area contributed by atoms with Gasteiger partial charge in [-0.15, -0.1) is 0 Å². The molecule has 0 amide bonds. The molecule has 4 heteroatoms. The minimum atomic E-state index is -0.875. The Morgan fingerprint density at radius 1 is 1.47 bits per heavy atom. The third kappa shape index (κ3) is 1.66. The van der Waals surface area contributed by atoms with Crippen LogP contribution in [0.15, 0.2) is 24.3 Å². The SMILES string of the molecule is COc1c(CC(=O)O)[nH]c2ccccc12. The van der Waals surface area contributed by atoms with Gasteiger partial charge in [-0.3, -0.25) is 4.79 Å². The van der Waals surface area contributed by atoms with Crippen molar-refractivity contribution < 1.29 is 14.6 Å². The molecule has 2 aromatic rings. The number of aromatic amines is 1. The maximum absolute atomic E-state index is 10.6. The van der Waals surface area contributed by atoms with Crippen molar-refractivity contribution in [1.82, 2.24) is 4.98 Å². The number of carboxylic acid groups (broad SMARTS) is 1. The lowest BCUT2D eigenvalue weighted by Gasteiger charge is -1.99. The first kappa shape index (κ1) is 9.58. The number of ether oxygens (including phenoxy) is 1. The third-order valence-electron chi connectivity index (χ3n) is 2.26. The first-order valence-electron chi connectivity index (χ1n) is 4.57. The lowest BCUT2D eigenvalue weighted by molar-refractivity contribution is -0.136. The molecule has 0 unspecified atom stereocenters. The van der Waals surface area contributed by atoms with Crippen molar-refractivity contribution in [3.8, 4) is 5.75 Å². The first-order chi connectivity index (χ1) is 7.22. The number of methoxy groups -OCH3 is 1. The van der Waals surface area contributed by atoms with Crippen molar-refractivity contribution >= 4 is 16.9 Å². The fourth-order valence-electron chi connectivity index (χ4n) is 1.68. The Morgan fingerprint density at radius 3 is 2.87 bits per heavy atom. The number of carbonyl (C=O) groups is 1. The molecule has 2 rings (SSSR count). The predicted octanol–water partition coefficient (Wildman–Crippen LogP) is 1.80. The fourth-order valence-corrected chi connectivity index (χ4v) is 1.68. The molecular formula is C11H11NO3. The van der Waals surface area contributed by atoms with Gasteiger partial charge in [0, 0.05) is 10.9 Å². The minimum Gasteiger partial charge on any atom is -0.494 e. The van der Waals surface area contributed by atoms with Crippen LogP contribution in [0.2, 0.25) is 0 Å². The lowest BCUT2D eigenvalue weighted by Crippen LogP contribution is -2.01. The summed E-state index contributed by atoms with van der Waals surface area (Å²) in [6, 6.07) is 7.57. The molecule has 4 nitrogen and oxygen atoms in total. The van der Waals surface area contributed by atoms with E-state index in [0.717, 1.165) is 10.9 Å². The van der Waals surface area contributed by atoms with Crippen LogP contribution < -0.4 is 4.74 Å². The Kier molecular flexibility index (Phi) is 2.33. The lowest BCUT2D eigenvalue weighted by atomic mass is 10.2. The number of aromatic nitrogens is 1. The highest BCUT2D eigenvalue weighted by Crippen LogP contribution is 2.29. The molecule has 78 valence electrons. The van der Waals surface area contributed by atoms with E-state index in [1.54, 1.807) is 7.11 Å². The van der Waals surface area contributed by atoms with E-state index in [1.165, 1.54) is 0 Å². The van der Waals surface area contributed by atoms with Gasteiger partial charge in [0.15, 0.2) is 0 Å². The van der Waals surface area contributed by atoms with Gasteiger partial charge in [-0.25, -0.2) is 0 Å². The Bertz CT molecular complexity index is 502. The van der Waals surface area contributed by atoms with Crippen LogP contribution in [0.25, 0.3) is 10.9 Å². The largest absolute Gasteiger partial charge is 0.494 e. The van der Waals surface area contributed by atoms with Gasteiger partial charge in [-0.05, 0) is 12.1 Å². The third-order valence-corrected chi connectivity index (χ3v) is 2.26. The van der Waals surface area contributed by atoms with Crippen molar-refractivity contribution in [3.63, 3.8) is 0 Å². The van der Waals surface area contributed by atoms with E-state index in [9.17, 15) is 4.79 Å². The number of benzene rings is 1. The van der Waals surface area contributed by atoms with Crippen LogP contribution in [-0.4, -0.2) is 23.2 Å². The number of fused-ring (bicyclic) bond motifs is 1. The number of nitrogens with one attached hydrogen (secondary N) is 1. The summed E-state index contributed by atoms with van der Waals surface area (Å²) in [5.41, 5.74) is 1.50. The molecule has 0 radical (unpaired) electrons. The monoisotopic (exact) mass is 205 g/mol. The fraction of sp³-hybridized carbons (Fsp3) is 0.182. The number of para-hydroxylation sites is 1. The van der Waals surface area contributed by atoms with Crippen LogP contribution in [-0.2, 0) is 11.2 Å². The van der Waals surface area contributed by atoms with Crippen LogP contribution in [0.1, 0.15) is 5.69 Å². The van der Waals surface area contributed by atoms with Crippen molar-refractivity contribution in [3.05, 3.63) is 30.0 Å². The zero-order chi connectivity index (χ0) is 10.8. The minimum absolute atomic E-state index is 0.0577. The molecule has 0 atom stereocenters. The quantitative estimate of drug-likeness (QED) is 0.803. The second-order valence-electron chi connectivity index (χ2n) is 3.25. The Balaban J connectivity index is 2.58. The predicted molar refractivity (Wildman–Crippen MR) is 56.2 cm³/mol. The summed E-state index contributed by atoms with van der Waals surface area (Å²) in [4.78, 5) is 13.7. The first-order valence-corrected chi connectivity index (χ1v) is 4.57. The van der Waals surface area contributed by atoms with E-state index in [2.05, 4.69) is 4.98 Å². The van der Waals surface area contributed by atoms with Gasteiger partial charge >= 0.3 is 5.97 Å². The van der Waals surface area contributed by atoms with Gasteiger partial charge in [0.1, 0.15) is 5.75 Å². The summed E-state index contributed by atoms with van der Waals surface area (Å²) >= 11 is 0. The molecular weight excluding hydrogens is 194 g/mol. The van der Waals surface area contributed by atoms with Gasteiger partial charge in [-0.1, -0.05) is 12.1 Å². The van der Waals surface area contributed by atoms with E-state index in [-0.39, 0.29) is 6.42 Å². The highest BCUT2D eigenvalue weighted by atomic mass is 16.5. The number of hydrogen-bond acceptors (Lipinski definition) is 2. The highest BCUT2D eigenvalue weighted by Gasteiger charge is 2.13. The number of rotatable bonds is 3. The molecule has 0 spiro atoms. The Morgan fingerprint density at radius 2 is 2.20 bits per heavy atom. The van der Waals surface area contributed by atoms with Gasteiger partial charge in [0.05, 0.1) is 19.2 Å². The summed E-state index contributed by atoms with van der Waals surface area (Å²) in [7, 11) is 1.54. The van der Waals surface area contributed by atoms with E-state index < -0.39 is 5.97 Å². The number of aliphatic carboxylic acids is 1. The summed E-state index contributed by atoms with van der Waals surface area (Å²) in [5, 5.41) is 9.65. The number of H-pyrrole nitrogens is 1. The van der Waals surface area contributed by atoms with E-state index in [0.29, 0.717) is 11.4 Å². The maximum Gasteiger partial charge on any atom is 0.309 e. The number of hydrogen-bond donors (Lipinski definition) is 2. The summed E-state index contributed by atoms with van der Waals surface area (Å²) in [6.45, 7) is 0. The second kappa shape index (κ2) is 3.65. The molecule has 0 aliphatic heterocycles. The smallest absolute Gasteiger partial charge is 0.309 e. The van der Waals surface area contributed by atoms with Gasteiger partial charge in [0.2, 0.25) is 0 Å². The van der Waals surface area contributed by atoms with Crippen LogP contribution in [0.5, 0.6) is 5.75 Å². The average Bonchev–Trinajstić information content (AvgIpc) is 2.53. The molecule has 2 N–H and O–H groups in total. The molecule has 0 saturated heterocycles. The highest BCUT2D eigenvalue weighted by molar-refractivity contribution is 5.89. The molecule has 1 heterocycles. The van der Waals surface area contributed by atoms with Crippen molar-refractivity contribution in [1.29, 1.82) is 0 Å². The topological polar surface area (TPSA) is 62.3 Å². The van der Waals surface area contributed by atoms with Crippen molar-refractivity contribution in [2.45, 2.75) is 6.42 Å². The number of carboxylic acids is 1. The molecule has 0 bridgehead atoms. The molecule has 15 heavy (non-hydrogen) atoms. The van der Waals surface area contributed by atoms with E-state index >= 15 is 0 Å². The summed E-state index contributed by atoms with van der Waals surface area (Å²) in [5.74, 6) is -0.257. The van der Waals surface area contributed by atoms with Crippen LogP contribution in [0.3, 0.4) is 0 Å². The zero-order valence-corrected chi connectivity index (χ0v) is 8.28. The molecule has 1 aromatic carbocycles. The molecule has 0 aliphatic rings. The summed E-state index contributed by atoms with van der Waals surface area (Å²) < 4.78 is 5.20. The van der Waals surface area contributed by atoms with Gasteiger partial charge in [-0.2, -0.15) is 0 Å². The molecule has 0 fully saturated rings. The standard InChI is InChI=1S/C11H11NO3/c1-15-11-7-4-2-3-5-8(7)12-9(11)6-10(13)14/h2-5,12H,6H2,1H3,(H,13,14). The summed E-state index contributed by atoms with van der Waals surface area (Å²) in [6.07, 6.45) is -0.0577. The van der Waals surface area contributed by atoms with E-state index in [4.69, 9.17) is 9.84 Å². The normalized spacial score (nSPS) is 10.5. The van der Waals surface area contributed by atoms with Crippen LogP contribution in [0, 0.1) is 0 Å². The van der Waals surface area contributed by atoms with Crippen LogP contribution >= 0.6 is 0 Å². The maximum atomic E-state index is 10.6. The Labute approximate surface area is 86.5 Å². The van der Waals surface area contributed by atoms with Crippen molar-refractivity contribution in [2.24, 2.45) is 0 Å². The van der Waals surface area contributed by atoms with Gasteiger partial charge in [0.25, 0.3) is 0 Å². The van der Waals surface area contributed by atoms with Crippen molar-refractivity contribution in [2.75, 3.05) is 7.11 Å². The zero-order valence-electron chi connectivity index (χ0n) is 8.28.